The number of alkyl carbamates (subject to hydrolysis) is 1. The Bertz CT molecular complexity index is 566. The Labute approximate surface area is 159 Å². The van der Waals surface area contributed by atoms with Crippen molar-refractivity contribution in [3.8, 4) is 5.75 Å². The normalized spacial score (nSPS) is 15.2. The van der Waals surface area contributed by atoms with Crippen LogP contribution in [0, 0.1) is 0 Å². The fraction of sp³-hybridized carbons (Fsp3) is 0.632. The minimum atomic E-state index is -0.490. The molecule has 2 rings (SSSR count). The zero-order chi connectivity index (χ0) is 18.3. The Morgan fingerprint density at radius 3 is 2.64 bits per heavy atom. The van der Waals surface area contributed by atoms with Crippen LogP contribution in [0.4, 0.5) is 4.79 Å². The average Bonchev–Trinajstić information content (AvgIpc) is 3.01. The topological polar surface area (TPSA) is 59.6 Å². The summed E-state index contributed by atoms with van der Waals surface area (Å²) < 4.78 is 11.9. The average molecular weight is 413 g/mol. The van der Waals surface area contributed by atoms with Gasteiger partial charge in [-0.1, -0.05) is 28.8 Å². The molecule has 1 aromatic rings. The van der Waals surface area contributed by atoms with Crippen LogP contribution >= 0.6 is 15.9 Å². The SMILES string of the molecule is CC(C)(C)OC(=O)NCCOc1cc(Br)cc(CNC2CCCC2)c1. The number of benzene rings is 1. The predicted octanol–water partition coefficient (Wildman–Crippen LogP) is 4.38. The lowest BCUT2D eigenvalue weighted by Crippen LogP contribution is -2.34. The van der Waals surface area contributed by atoms with Gasteiger partial charge in [-0.2, -0.15) is 0 Å². The van der Waals surface area contributed by atoms with Gasteiger partial charge in [0.05, 0.1) is 6.54 Å². The lowest BCUT2D eigenvalue weighted by atomic mass is 10.2. The molecule has 0 bridgehead atoms. The molecule has 6 heteroatoms. The van der Waals surface area contributed by atoms with Crippen LogP contribution in [0.2, 0.25) is 0 Å². The maximum atomic E-state index is 11.6. The Morgan fingerprint density at radius 2 is 1.96 bits per heavy atom. The molecule has 1 aliphatic rings. The second-order valence-corrected chi connectivity index (χ2v) is 8.35. The highest BCUT2D eigenvalue weighted by Crippen LogP contribution is 2.23. The van der Waals surface area contributed by atoms with E-state index >= 15 is 0 Å². The molecule has 25 heavy (non-hydrogen) atoms. The summed E-state index contributed by atoms with van der Waals surface area (Å²) >= 11 is 3.53. The molecule has 1 aromatic carbocycles. The number of amides is 1. The van der Waals surface area contributed by atoms with Gasteiger partial charge in [-0.25, -0.2) is 4.79 Å². The zero-order valence-corrected chi connectivity index (χ0v) is 16.9. The number of nitrogens with one attached hydrogen (secondary N) is 2. The maximum Gasteiger partial charge on any atom is 0.407 e. The summed E-state index contributed by atoms with van der Waals surface area (Å²) in [6, 6.07) is 6.72. The zero-order valence-electron chi connectivity index (χ0n) is 15.4. The molecule has 0 saturated heterocycles. The molecule has 0 heterocycles. The fourth-order valence-corrected chi connectivity index (χ4v) is 3.35. The van der Waals surface area contributed by atoms with Crippen molar-refractivity contribution in [1.82, 2.24) is 10.6 Å². The van der Waals surface area contributed by atoms with E-state index < -0.39 is 11.7 Å². The van der Waals surface area contributed by atoms with E-state index in [9.17, 15) is 4.79 Å². The van der Waals surface area contributed by atoms with Gasteiger partial charge >= 0.3 is 6.09 Å². The quantitative estimate of drug-likeness (QED) is 0.652. The van der Waals surface area contributed by atoms with Crippen molar-refractivity contribution in [2.45, 2.75) is 64.6 Å². The second kappa shape index (κ2) is 9.43. The van der Waals surface area contributed by atoms with Gasteiger partial charge in [-0.15, -0.1) is 0 Å². The van der Waals surface area contributed by atoms with Crippen LogP contribution in [0.5, 0.6) is 5.75 Å². The number of rotatable bonds is 7. The molecule has 1 aliphatic carbocycles. The van der Waals surface area contributed by atoms with E-state index in [1.54, 1.807) is 0 Å². The number of ether oxygens (including phenoxy) is 2. The predicted molar refractivity (Wildman–Crippen MR) is 103 cm³/mol. The molecule has 1 amide bonds. The van der Waals surface area contributed by atoms with Crippen LogP contribution in [0.3, 0.4) is 0 Å². The minimum Gasteiger partial charge on any atom is -0.492 e. The molecular weight excluding hydrogens is 384 g/mol. The first-order valence-electron chi connectivity index (χ1n) is 8.94. The highest BCUT2D eigenvalue weighted by Gasteiger charge is 2.16. The van der Waals surface area contributed by atoms with Crippen molar-refractivity contribution >= 4 is 22.0 Å². The van der Waals surface area contributed by atoms with E-state index in [1.807, 2.05) is 32.9 Å². The summed E-state index contributed by atoms with van der Waals surface area (Å²) in [5.74, 6) is 0.795. The van der Waals surface area contributed by atoms with Crippen molar-refractivity contribution in [1.29, 1.82) is 0 Å². The number of hydrogen-bond acceptors (Lipinski definition) is 4. The first-order valence-corrected chi connectivity index (χ1v) is 9.74. The van der Waals surface area contributed by atoms with E-state index in [1.165, 1.54) is 31.2 Å². The standard InChI is InChI=1S/C19H29BrN2O3/c1-19(2,3)25-18(23)21-8-9-24-17-11-14(10-15(20)12-17)13-22-16-6-4-5-7-16/h10-12,16,22H,4-9,13H2,1-3H3,(H,21,23). The van der Waals surface area contributed by atoms with Gasteiger partial charge in [-0.05, 0) is 57.4 Å². The molecule has 0 aromatic heterocycles. The van der Waals surface area contributed by atoms with Crippen molar-refractivity contribution in [2.24, 2.45) is 0 Å². The van der Waals surface area contributed by atoms with Gasteiger partial charge in [0.25, 0.3) is 0 Å². The summed E-state index contributed by atoms with van der Waals surface area (Å²) in [4.78, 5) is 11.6. The molecule has 5 nitrogen and oxygen atoms in total. The first kappa shape index (κ1) is 20.0. The molecule has 0 unspecified atom stereocenters. The third-order valence-corrected chi connectivity index (χ3v) is 4.38. The Morgan fingerprint density at radius 1 is 1.24 bits per heavy atom. The highest BCUT2D eigenvalue weighted by molar-refractivity contribution is 9.10. The number of carbonyl (C=O) groups excluding carboxylic acids is 1. The van der Waals surface area contributed by atoms with Gasteiger partial charge in [0.2, 0.25) is 0 Å². The number of halogens is 1. The summed E-state index contributed by atoms with van der Waals surface area (Å²) in [6.07, 6.45) is 4.78. The van der Waals surface area contributed by atoms with Crippen molar-refractivity contribution in [2.75, 3.05) is 13.2 Å². The van der Waals surface area contributed by atoms with Crippen LogP contribution in [0.1, 0.15) is 52.0 Å². The Kier molecular flexibility index (Phi) is 7.56. The molecule has 0 atom stereocenters. The van der Waals surface area contributed by atoms with E-state index in [0.29, 0.717) is 19.2 Å². The number of hydrogen-bond donors (Lipinski definition) is 2. The van der Waals surface area contributed by atoms with Crippen LogP contribution in [0.15, 0.2) is 22.7 Å². The lowest BCUT2D eigenvalue weighted by Gasteiger charge is -2.19. The van der Waals surface area contributed by atoms with Gasteiger partial charge < -0.3 is 20.1 Å². The lowest BCUT2D eigenvalue weighted by molar-refractivity contribution is 0.0520. The third-order valence-electron chi connectivity index (χ3n) is 3.92. The summed E-state index contributed by atoms with van der Waals surface area (Å²) in [7, 11) is 0. The molecule has 1 saturated carbocycles. The van der Waals surface area contributed by atoms with E-state index in [4.69, 9.17) is 9.47 Å². The Balaban J connectivity index is 1.74. The van der Waals surface area contributed by atoms with E-state index in [-0.39, 0.29) is 0 Å². The molecular formula is C19H29BrN2O3. The summed E-state index contributed by atoms with van der Waals surface area (Å²) in [5.41, 5.74) is 0.701. The summed E-state index contributed by atoms with van der Waals surface area (Å²) in [6.45, 7) is 7.15. The Hall–Kier alpha value is -1.27. The fourth-order valence-electron chi connectivity index (χ4n) is 2.83. The van der Waals surface area contributed by atoms with Gasteiger partial charge in [0, 0.05) is 17.1 Å². The molecule has 0 spiro atoms. The van der Waals surface area contributed by atoms with Gasteiger partial charge in [-0.3, -0.25) is 0 Å². The van der Waals surface area contributed by atoms with E-state index in [0.717, 1.165) is 16.8 Å². The van der Waals surface area contributed by atoms with Crippen LogP contribution in [0.25, 0.3) is 0 Å². The third kappa shape index (κ3) is 8.10. The van der Waals surface area contributed by atoms with Gasteiger partial charge in [0.1, 0.15) is 18.0 Å². The first-order chi connectivity index (χ1) is 11.8. The second-order valence-electron chi connectivity index (χ2n) is 7.43. The molecule has 0 aliphatic heterocycles. The van der Waals surface area contributed by atoms with E-state index in [2.05, 4.69) is 32.6 Å². The van der Waals surface area contributed by atoms with Crippen LogP contribution in [-0.4, -0.2) is 30.9 Å². The summed E-state index contributed by atoms with van der Waals surface area (Å²) in [5, 5.41) is 6.30. The van der Waals surface area contributed by atoms with Crippen molar-refractivity contribution in [3.63, 3.8) is 0 Å². The molecule has 2 N–H and O–H groups in total. The largest absolute Gasteiger partial charge is 0.492 e. The molecule has 0 radical (unpaired) electrons. The van der Waals surface area contributed by atoms with Crippen molar-refractivity contribution in [3.05, 3.63) is 28.2 Å². The maximum absolute atomic E-state index is 11.6. The number of carbonyl (C=O) groups is 1. The van der Waals surface area contributed by atoms with Crippen LogP contribution in [-0.2, 0) is 11.3 Å². The minimum absolute atomic E-state index is 0.394. The van der Waals surface area contributed by atoms with Gasteiger partial charge in [0.15, 0.2) is 0 Å². The highest BCUT2D eigenvalue weighted by atomic mass is 79.9. The monoisotopic (exact) mass is 412 g/mol. The van der Waals surface area contributed by atoms with Crippen molar-refractivity contribution < 1.29 is 14.3 Å². The smallest absolute Gasteiger partial charge is 0.407 e. The molecule has 140 valence electrons. The molecule has 1 fully saturated rings. The van der Waals surface area contributed by atoms with Crippen LogP contribution < -0.4 is 15.4 Å².